The first-order chi connectivity index (χ1) is 7.26. The van der Waals surface area contributed by atoms with Gasteiger partial charge in [-0.1, -0.05) is 0 Å². The molecule has 1 aromatic heterocycles. The number of benzene rings is 1. The van der Waals surface area contributed by atoms with Crippen LogP contribution in [0.2, 0.25) is 0 Å². The number of rotatable bonds is 2. The van der Waals surface area contributed by atoms with Crippen LogP contribution in [-0.4, -0.2) is 16.6 Å². The summed E-state index contributed by atoms with van der Waals surface area (Å²) in [5.41, 5.74) is 1.91. The molecule has 1 heterocycles. The van der Waals surface area contributed by atoms with E-state index in [1.54, 1.807) is 24.4 Å². The van der Waals surface area contributed by atoms with Gasteiger partial charge in [0.05, 0.1) is 17.5 Å². The van der Waals surface area contributed by atoms with Gasteiger partial charge in [-0.25, -0.2) is 0 Å². The first-order valence-corrected chi connectivity index (χ1v) is 4.90. The van der Waals surface area contributed by atoms with Crippen molar-refractivity contribution in [3.05, 3.63) is 35.5 Å². The third-order valence-electron chi connectivity index (χ3n) is 2.23. The van der Waals surface area contributed by atoms with Crippen LogP contribution in [-0.2, 0) is 0 Å². The molecular formula is C11H7ClN2O. The monoisotopic (exact) mass is 218 g/mol. The molecule has 0 spiro atoms. The largest absolute Gasteiger partial charge is 0.360 e. The summed E-state index contributed by atoms with van der Waals surface area (Å²) < 4.78 is 0. The van der Waals surface area contributed by atoms with Crippen molar-refractivity contribution in [2.75, 3.05) is 5.88 Å². The maximum absolute atomic E-state index is 11.5. The second-order valence-electron chi connectivity index (χ2n) is 3.13. The quantitative estimate of drug-likeness (QED) is 0.622. The lowest BCUT2D eigenvalue weighted by molar-refractivity contribution is 0.102. The van der Waals surface area contributed by atoms with Gasteiger partial charge < -0.3 is 4.98 Å². The number of fused-ring (bicyclic) bond motifs is 1. The second kappa shape index (κ2) is 3.76. The minimum atomic E-state index is -0.141. The molecular weight excluding hydrogens is 212 g/mol. The number of nitrogens with one attached hydrogen (secondary N) is 1. The number of aromatic amines is 1. The number of H-pyrrole nitrogens is 1. The number of hydrogen-bond acceptors (Lipinski definition) is 2. The number of aromatic nitrogens is 1. The summed E-state index contributed by atoms with van der Waals surface area (Å²) in [7, 11) is 0. The summed E-state index contributed by atoms with van der Waals surface area (Å²) in [6.07, 6.45) is 1.62. The molecule has 0 amide bonds. The Bertz CT molecular complexity index is 565. The Morgan fingerprint density at radius 1 is 1.53 bits per heavy atom. The molecule has 15 heavy (non-hydrogen) atoms. The molecule has 2 rings (SSSR count). The van der Waals surface area contributed by atoms with Crippen LogP contribution >= 0.6 is 11.6 Å². The smallest absolute Gasteiger partial charge is 0.179 e. The van der Waals surface area contributed by atoms with E-state index in [2.05, 4.69) is 4.98 Å². The minimum Gasteiger partial charge on any atom is -0.360 e. The van der Waals surface area contributed by atoms with E-state index in [1.165, 1.54) is 0 Å². The molecule has 0 aliphatic rings. The van der Waals surface area contributed by atoms with Crippen LogP contribution in [0.15, 0.2) is 24.4 Å². The summed E-state index contributed by atoms with van der Waals surface area (Å²) in [5.74, 6) is -0.193. The number of alkyl halides is 1. The van der Waals surface area contributed by atoms with Gasteiger partial charge in [-0.15, -0.1) is 11.6 Å². The molecule has 0 aliphatic carbocycles. The minimum absolute atomic E-state index is 0.0519. The molecule has 1 N–H and O–H groups in total. The lowest BCUT2D eigenvalue weighted by atomic mass is 10.1. The van der Waals surface area contributed by atoms with Crippen molar-refractivity contribution in [1.82, 2.24) is 4.98 Å². The van der Waals surface area contributed by atoms with Gasteiger partial charge in [0, 0.05) is 22.7 Å². The number of nitriles is 1. The lowest BCUT2D eigenvalue weighted by Crippen LogP contribution is -1.98. The Hall–Kier alpha value is -1.79. The standard InChI is InChI=1S/C11H7ClN2O/c12-4-11(15)9-6-14-10-2-1-7(5-13)3-8(9)10/h1-3,6,14H,4H2. The Balaban J connectivity index is 2.67. The van der Waals surface area contributed by atoms with Gasteiger partial charge >= 0.3 is 0 Å². The summed E-state index contributed by atoms with van der Waals surface area (Å²) in [4.78, 5) is 14.4. The van der Waals surface area contributed by atoms with E-state index in [9.17, 15) is 4.79 Å². The second-order valence-corrected chi connectivity index (χ2v) is 3.40. The van der Waals surface area contributed by atoms with Crippen molar-refractivity contribution < 1.29 is 4.79 Å². The summed E-state index contributed by atoms with van der Waals surface area (Å²) >= 11 is 5.49. The van der Waals surface area contributed by atoms with Crippen LogP contribution in [0, 0.1) is 11.3 Å². The van der Waals surface area contributed by atoms with Crippen LogP contribution in [0.4, 0.5) is 0 Å². The Kier molecular flexibility index (Phi) is 2.44. The molecule has 0 fully saturated rings. The number of ketones is 1. The third-order valence-corrected chi connectivity index (χ3v) is 2.48. The number of carbonyl (C=O) groups excluding carboxylic acids is 1. The Morgan fingerprint density at radius 2 is 2.33 bits per heavy atom. The molecule has 2 aromatic rings. The zero-order valence-electron chi connectivity index (χ0n) is 7.75. The van der Waals surface area contributed by atoms with Gasteiger partial charge in [0.2, 0.25) is 0 Å². The molecule has 0 atom stereocenters. The van der Waals surface area contributed by atoms with Gasteiger partial charge in [-0.05, 0) is 18.2 Å². The SMILES string of the molecule is N#Cc1ccc2[nH]cc(C(=O)CCl)c2c1. The molecule has 1 aromatic carbocycles. The topological polar surface area (TPSA) is 56.6 Å². The average Bonchev–Trinajstić information content (AvgIpc) is 2.70. The van der Waals surface area contributed by atoms with E-state index >= 15 is 0 Å². The van der Waals surface area contributed by atoms with Gasteiger partial charge in [-0.3, -0.25) is 4.79 Å². The highest BCUT2D eigenvalue weighted by molar-refractivity contribution is 6.32. The van der Waals surface area contributed by atoms with Crippen molar-refractivity contribution in [1.29, 1.82) is 5.26 Å². The van der Waals surface area contributed by atoms with E-state index in [4.69, 9.17) is 16.9 Å². The van der Waals surface area contributed by atoms with Crippen LogP contribution in [0.5, 0.6) is 0 Å². The average molecular weight is 219 g/mol. The highest BCUT2D eigenvalue weighted by atomic mass is 35.5. The van der Waals surface area contributed by atoms with Crippen LogP contribution in [0.3, 0.4) is 0 Å². The first-order valence-electron chi connectivity index (χ1n) is 4.36. The zero-order valence-corrected chi connectivity index (χ0v) is 8.51. The van der Waals surface area contributed by atoms with Crippen molar-refractivity contribution >= 4 is 28.3 Å². The normalized spacial score (nSPS) is 10.1. The number of nitrogens with zero attached hydrogens (tertiary/aromatic N) is 1. The molecule has 4 heteroatoms. The molecule has 0 saturated heterocycles. The summed E-state index contributed by atoms with van der Waals surface area (Å²) in [6.45, 7) is 0. The van der Waals surface area contributed by atoms with Gasteiger partial charge in [0.1, 0.15) is 0 Å². The fourth-order valence-electron chi connectivity index (χ4n) is 1.49. The molecule has 3 nitrogen and oxygen atoms in total. The van der Waals surface area contributed by atoms with Crippen LogP contribution < -0.4 is 0 Å². The predicted molar refractivity (Wildman–Crippen MR) is 58.1 cm³/mol. The van der Waals surface area contributed by atoms with Crippen molar-refractivity contribution in [3.63, 3.8) is 0 Å². The number of carbonyl (C=O) groups is 1. The van der Waals surface area contributed by atoms with Gasteiger partial charge in [0.15, 0.2) is 5.78 Å². The summed E-state index contributed by atoms with van der Waals surface area (Å²) in [5, 5.41) is 9.50. The Labute approximate surface area is 91.3 Å². The first kappa shape index (κ1) is 9.75. The molecule has 0 unspecified atom stereocenters. The lowest BCUT2D eigenvalue weighted by Gasteiger charge is -1.94. The molecule has 0 saturated carbocycles. The van der Waals surface area contributed by atoms with Crippen LogP contribution in [0.25, 0.3) is 10.9 Å². The maximum atomic E-state index is 11.5. The molecule has 74 valence electrons. The van der Waals surface area contributed by atoms with Gasteiger partial charge in [0.25, 0.3) is 0 Å². The molecule has 0 bridgehead atoms. The fraction of sp³-hybridized carbons (Fsp3) is 0.0909. The third kappa shape index (κ3) is 1.60. The van der Waals surface area contributed by atoms with Crippen molar-refractivity contribution in [3.8, 4) is 6.07 Å². The van der Waals surface area contributed by atoms with E-state index in [0.29, 0.717) is 11.1 Å². The van der Waals surface area contributed by atoms with E-state index in [1.807, 2.05) is 6.07 Å². The summed E-state index contributed by atoms with van der Waals surface area (Å²) in [6, 6.07) is 7.20. The number of halogens is 1. The Morgan fingerprint density at radius 3 is 3.00 bits per heavy atom. The van der Waals surface area contributed by atoms with Gasteiger partial charge in [-0.2, -0.15) is 5.26 Å². The van der Waals surface area contributed by atoms with E-state index in [-0.39, 0.29) is 11.7 Å². The van der Waals surface area contributed by atoms with Crippen LogP contribution in [0.1, 0.15) is 15.9 Å². The predicted octanol–water partition coefficient (Wildman–Crippen LogP) is 2.46. The molecule has 0 radical (unpaired) electrons. The van der Waals surface area contributed by atoms with E-state index in [0.717, 1.165) is 10.9 Å². The van der Waals surface area contributed by atoms with E-state index < -0.39 is 0 Å². The molecule has 0 aliphatic heterocycles. The highest BCUT2D eigenvalue weighted by Gasteiger charge is 2.10. The van der Waals surface area contributed by atoms with Crippen molar-refractivity contribution in [2.24, 2.45) is 0 Å². The number of hydrogen-bond donors (Lipinski definition) is 1. The van der Waals surface area contributed by atoms with Crippen molar-refractivity contribution in [2.45, 2.75) is 0 Å². The fourth-order valence-corrected chi connectivity index (χ4v) is 1.64. The highest BCUT2D eigenvalue weighted by Crippen LogP contribution is 2.20. The number of Topliss-reactive ketones (excluding diaryl/α,β-unsaturated/α-hetero) is 1. The maximum Gasteiger partial charge on any atom is 0.179 e. The zero-order chi connectivity index (χ0) is 10.8.